The molecule has 3 fully saturated rings. The number of likely N-dealkylation sites (N-methyl/N-ethyl adjacent to an activating group) is 1. The molecule has 3 rings (SSSR count). The first-order valence-electron chi connectivity index (χ1n) is 10.8. The molecule has 162 valence electrons. The first-order valence-corrected chi connectivity index (χ1v) is 10.8. The molecule has 28 heavy (non-hydrogen) atoms. The highest BCUT2D eigenvalue weighted by Crippen LogP contribution is 2.21. The van der Waals surface area contributed by atoms with E-state index in [9.17, 15) is 4.79 Å². The lowest BCUT2D eigenvalue weighted by atomic mass is 9.95. The Morgan fingerprint density at radius 3 is 2.39 bits per heavy atom. The molecule has 0 aromatic rings. The number of guanidine groups is 1. The topological polar surface area (TPSA) is 60.4 Å². The van der Waals surface area contributed by atoms with Crippen LogP contribution in [0, 0.1) is 5.92 Å². The summed E-state index contributed by atoms with van der Waals surface area (Å²) < 4.78 is 5.36. The zero-order valence-electron chi connectivity index (χ0n) is 17.6. The maximum absolute atomic E-state index is 12.7. The molecule has 3 aliphatic rings. The molecule has 1 N–H and O–H groups in total. The maximum Gasteiger partial charge on any atom is 0.225 e. The zero-order chi connectivity index (χ0) is 19.1. The molecule has 0 saturated carbocycles. The highest BCUT2D eigenvalue weighted by Gasteiger charge is 2.30. The summed E-state index contributed by atoms with van der Waals surface area (Å²) in [6.07, 6.45) is 5.76. The Bertz CT molecular complexity index is 505. The van der Waals surface area contributed by atoms with Gasteiger partial charge in [-0.15, -0.1) is 24.0 Å². The summed E-state index contributed by atoms with van der Waals surface area (Å²) in [5, 5.41) is 3.60. The van der Waals surface area contributed by atoms with Crippen LogP contribution in [0.15, 0.2) is 4.99 Å². The predicted octanol–water partition coefficient (Wildman–Crippen LogP) is 1.62. The molecule has 0 radical (unpaired) electrons. The molecule has 3 aliphatic heterocycles. The average Bonchev–Trinajstić information content (AvgIpc) is 2.75. The lowest BCUT2D eigenvalue weighted by Gasteiger charge is -2.38. The smallest absolute Gasteiger partial charge is 0.225 e. The lowest BCUT2D eigenvalue weighted by Crippen LogP contribution is -2.52. The van der Waals surface area contributed by atoms with Crippen molar-refractivity contribution in [3.05, 3.63) is 0 Å². The molecular weight excluding hydrogens is 469 g/mol. The van der Waals surface area contributed by atoms with E-state index in [0.717, 1.165) is 58.1 Å². The van der Waals surface area contributed by atoms with Crippen molar-refractivity contribution >= 4 is 35.8 Å². The van der Waals surface area contributed by atoms with Crippen LogP contribution in [0.25, 0.3) is 0 Å². The molecule has 7 nitrogen and oxygen atoms in total. The highest BCUT2D eigenvalue weighted by molar-refractivity contribution is 14.0. The second kappa shape index (κ2) is 12.2. The fraction of sp³-hybridized carbons (Fsp3) is 0.900. The number of halogens is 1. The maximum atomic E-state index is 12.7. The number of nitrogens with zero attached hydrogens (tertiary/aromatic N) is 4. The minimum atomic E-state index is 0. The molecule has 0 aromatic heterocycles. The molecule has 1 atom stereocenters. The van der Waals surface area contributed by atoms with Gasteiger partial charge in [-0.2, -0.15) is 0 Å². The number of nitrogens with one attached hydrogen (secondary N) is 1. The predicted molar refractivity (Wildman–Crippen MR) is 123 cm³/mol. The van der Waals surface area contributed by atoms with Crippen molar-refractivity contribution in [3.63, 3.8) is 0 Å². The summed E-state index contributed by atoms with van der Waals surface area (Å²) >= 11 is 0. The molecule has 3 heterocycles. The number of carbonyl (C=O) groups excluding carboxylic acids is 1. The van der Waals surface area contributed by atoms with Crippen molar-refractivity contribution in [2.75, 3.05) is 66.1 Å². The van der Waals surface area contributed by atoms with E-state index in [0.29, 0.717) is 25.2 Å². The van der Waals surface area contributed by atoms with Gasteiger partial charge in [-0.25, -0.2) is 0 Å². The Hall–Kier alpha value is -0.610. The van der Waals surface area contributed by atoms with E-state index in [1.165, 1.54) is 25.8 Å². The summed E-state index contributed by atoms with van der Waals surface area (Å²) in [6.45, 7) is 10.2. The highest BCUT2D eigenvalue weighted by atomic mass is 127. The van der Waals surface area contributed by atoms with Crippen LogP contribution >= 0.6 is 24.0 Å². The van der Waals surface area contributed by atoms with E-state index < -0.39 is 0 Å². The van der Waals surface area contributed by atoms with Gasteiger partial charge < -0.3 is 19.9 Å². The Kier molecular flexibility index (Phi) is 10.3. The molecular formula is C20H38IN5O2. The van der Waals surface area contributed by atoms with Crippen LogP contribution in [0.5, 0.6) is 0 Å². The van der Waals surface area contributed by atoms with Crippen molar-refractivity contribution < 1.29 is 9.53 Å². The van der Waals surface area contributed by atoms with Gasteiger partial charge in [0.2, 0.25) is 5.91 Å². The standard InChI is InChI=1S/C20H37N5O2.HI/c1-3-23-9-5-4-6-18(23)16-22-20(21-2)25-10-7-17(8-11-25)19(26)24-12-14-27-15-13-24;/h17-18H,3-16H2,1-2H3,(H,21,22);1H. The Labute approximate surface area is 187 Å². The number of carbonyl (C=O) groups is 1. The Morgan fingerprint density at radius 1 is 1.04 bits per heavy atom. The Morgan fingerprint density at radius 2 is 1.75 bits per heavy atom. The molecule has 0 bridgehead atoms. The number of hydrogen-bond acceptors (Lipinski definition) is 4. The van der Waals surface area contributed by atoms with Crippen molar-refractivity contribution in [2.45, 2.75) is 45.1 Å². The van der Waals surface area contributed by atoms with E-state index in [1.807, 2.05) is 11.9 Å². The summed E-state index contributed by atoms with van der Waals surface area (Å²) in [5.41, 5.74) is 0. The van der Waals surface area contributed by atoms with Gasteiger partial charge >= 0.3 is 0 Å². The van der Waals surface area contributed by atoms with Gasteiger partial charge in [0.05, 0.1) is 13.2 Å². The van der Waals surface area contributed by atoms with Gasteiger partial charge in [0.25, 0.3) is 0 Å². The number of amides is 1. The van der Waals surface area contributed by atoms with E-state index in [1.54, 1.807) is 0 Å². The van der Waals surface area contributed by atoms with Crippen LogP contribution in [-0.2, 0) is 9.53 Å². The number of aliphatic imine (C=N–C) groups is 1. The van der Waals surface area contributed by atoms with E-state index in [2.05, 4.69) is 27.0 Å². The van der Waals surface area contributed by atoms with E-state index in [-0.39, 0.29) is 29.9 Å². The van der Waals surface area contributed by atoms with Crippen LogP contribution in [0.1, 0.15) is 39.0 Å². The summed E-state index contributed by atoms with van der Waals surface area (Å²) in [5.74, 6) is 1.47. The molecule has 0 aromatic carbocycles. The van der Waals surface area contributed by atoms with Crippen LogP contribution < -0.4 is 5.32 Å². The molecule has 0 spiro atoms. The van der Waals surface area contributed by atoms with Gasteiger partial charge in [0, 0.05) is 51.7 Å². The third kappa shape index (κ3) is 6.19. The van der Waals surface area contributed by atoms with Crippen LogP contribution in [0.2, 0.25) is 0 Å². The summed E-state index contributed by atoms with van der Waals surface area (Å²) in [4.78, 5) is 24.1. The molecule has 1 unspecified atom stereocenters. The molecule has 0 aliphatic carbocycles. The number of likely N-dealkylation sites (tertiary alicyclic amines) is 2. The summed E-state index contributed by atoms with van der Waals surface area (Å²) in [7, 11) is 1.87. The minimum Gasteiger partial charge on any atom is -0.378 e. The van der Waals surface area contributed by atoms with Crippen molar-refractivity contribution in [1.29, 1.82) is 0 Å². The third-order valence-corrected chi connectivity index (χ3v) is 6.33. The summed E-state index contributed by atoms with van der Waals surface area (Å²) in [6, 6.07) is 0.612. The molecule has 3 saturated heterocycles. The quantitative estimate of drug-likeness (QED) is 0.356. The van der Waals surface area contributed by atoms with Crippen molar-refractivity contribution in [2.24, 2.45) is 10.9 Å². The van der Waals surface area contributed by atoms with Gasteiger partial charge in [-0.05, 0) is 38.8 Å². The zero-order valence-corrected chi connectivity index (χ0v) is 19.9. The van der Waals surface area contributed by atoms with Crippen LogP contribution in [0.3, 0.4) is 0 Å². The monoisotopic (exact) mass is 507 g/mol. The van der Waals surface area contributed by atoms with E-state index >= 15 is 0 Å². The van der Waals surface area contributed by atoms with Gasteiger partial charge in [-0.3, -0.25) is 14.7 Å². The SMILES string of the molecule is CCN1CCCCC1CNC(=NC)N1CCC(C(=O)N2CCOCC2)CC1.I. The average molecular weight is 507 g/mol. The second-order valence-electron chi connectivity index (χ2n) is 7.91. The fourth-order valence-electron chi connectivity index (χ4n) is 4.63. The van der Waals surface area contributed by atoms with Gasteiger partial charge in [-0.1, -0.05) is 13.3 Å². The first kappa shape index (κ1) is 23.7. The number of rotatable bonds is 4. The minimum absolute atomic E-state index is 0. The fourth-order valence-corrected chi connectivity index (χ4v) is 4.63. The van der Waals surface area contributed by atoms with E-state index in [4.69, 9.17) is 4.74 Å². The molecule has 1 amide bonds. The van der Waals surface area contributed by atoms with Crippen molar-refractivity contribution in [1.82, 2.24) is 20.0 Å². The van der Waals surface area contributed by atoms with Crippen LogP contribution in [0.4, 0.5) is 0 Å². The lowest BCUT2D eigenvalue weighted by molar-refractivity contribution is -0.140. The number of morpholine rings is 1. The number of hydrogen-bond donors (Lipinski definition) is 1. The normalized spacial score (nSPS) is 25.4. The number of ether oxygens (including phenoxy) is 1. The van der Waals surface area contributed by atoms with Gasteiger partial charge in [0.15, 0.2) is 5.96 Å². The molecule has 8 heteroatoms. The first-order chi connectivity index (χ1) is 13.2. The Balaban J connectivity index is 0.00000280. The largest absolute Gasteiger partial charge is 0.378 e. The van der Waals surface area contributed by atoms with Crippen molar-refractivity contribution in [3.8, 4) is 0 Å². The van der Waals surface area contributed by atoms with Crippen LogP contribution in [-0.4, -0.2) is 98.7 Å². The third-order valence-electron chi connectivity index (χ3n) is 6.33. The second-order valence-corrected chi connectivity index (χ2v) is 7.91. The number of piperidine rings is 2. The van der Waals surface area contributed by atoms with Gasteiger partial charge in [0.1, 0.15) is 0 Å².